The zero-order valence-corrected chi connectivity index (χ0v) is 30.8. The lowest BCUT2D eigenvalue weighted by Crippen LogP contribution is -2.11. The summed E-state index contributed by atoms with van der Waals surface area (Å²) >= 11 is 0. The standard InChI is InChI=1S/C14H22.C11H16.C7H14.C5H12.C4H10/c1-11(2)9-12-7-6-8-13(10-12)14(3,4)5;1-9(2)8-11-6-4-10(3)5-7-11;1-6(2)5-7-3-4-7;1-4-5(2)3;1-4(2)3/h6-8,10-11H,9H2,1-5H3;4-7,9H,8H2,1-3H3;6-7H,3-5H2,1-2H3;5H,4H2,1-3H3;4H,1-3H3. The van der Waals surface area contributed by atoms with Crippen LogP contribution in [0, 0.1) is 42.4 Å². The van der Waals surface area contributed by atoms with Gasteiger partial charge in [-0.2, -0.15) is 0 Å². The van der Waals surface area contributed by atoms with Gasteiger partial charge in [-0.15, -0.1) is 0 Å². The molecule has 1 fully saturated rings. The van der Waals surface area contributed by atoms with E-state index in [-0.39, 0.29) is 5.41 Å². The monoisotopic (exact) mass is 567 g/mol. The molecule has 0 radical (unpaired) electrons. The number of hydrogen-bond acceptors (Lipinski definition) is 0. The average Bonchev–Trinajstić information content (AvgIpc) is 3.64. The first kappa shape index (κ1) is 41.6. The SMILES string of the molecule is CC(C)C.CC(C)CC1CC1.CC(C)Cc1cccc(C(C)(C)C)c1.CCC(C)C.Cc1ccc(CC(C)C)cc1. The van der Waals surface area contributed by atoms with Crippen molar-refractivity contribution in [1.29, 1.82) is 0 Å². The van der Waals surface area contributed by atoms with Gasteiger partial charge in [-0.1, -0.05) is 177 Å². The van der Waals surface area contributed by atoms with E-state index in [1.54, 1.807) is 0 Å². The Morgan fingerprint density at radius 1 is 0.634 bits per heavy atom. The lowest BCUT2D eigenvalue weighted by atomic mass is 9.85. The summed E-state index contributed by atoms with van der Waals surface area (Å²) in [6.45, 7) is 35.7. The Morgan fingerprint density at radius 3 is 1.39 bits per heavy atom. The summed E-state index contributed by atoms with van der Waals surface area (Å²) in [5.41, 5.74) is 5.97. The van der Waals surface area contributed by atoms with Crippen molar-refractivity contribution < 1.29 is 0 Å². The van der Waals surface area contributed by atoms with Gasteiger partial charge in [-0.3, -0.25) is 0 Å². The fraction of sp³-hybridized carbons (Fsp3) is 0.707. The highest BCUT2D eigenvalue weighted by Crippen LogP contribution is 2.34. The Labute approximate surface area is 260 Å². The van der Waals surface area contributed by atoms with E-state index in [1.165, 1.54) is 60.8 Å². The summed E-state index contributed by atoms with van der Waals surface area (Å²) in [6, 6.07) is 17.8. The van der Waals surface area contributed by atoms with Gasteiger partial charge < -0.3 is 0 Å². The highest BCUT2D eigenvalue weighted by atomic mass is 14.3. The van der Waals surface area contributed by atoms with Gasteiger partial charge in [0, 0.05) is 0 Å². The normalized spacial score (nSPS) is 12.6. The summed E-state index contributed by atoms with van der Waals surface area (Å²) in [5, 5.41) is 0. The molecule has 0 heterocycles. The fourth-order valence-electron chi connectivity index (χ4n) is 3.85. The van der Waals surface area contributed by atoms with E-state index in [9.17, 15) is 0 Å². The molecule has 1 aliphatic carbocycles. The van der Waals surface area contributed by atoms with Gasteiger partial charge in [0.25, 0.3) is 0 Å². The Balaban J connectivity index is 0. The molecule has 238 valence electrons. The van der Waals surface area contributed by atoms with Crippen molar-refractivity contribution in [2.45, 2.75) is 155 Å². The van der Waals surface area contributed by atoms with Gasteiger partial charge in [0.2, 0.25) is 0 Å². The summed E-state index contributed by atoms with van der Waals surface area (Å²) < 4.78 is 0. The van der Waals surface area contributed by atoms with Crippen LogP contribution < -0.4 is 0 Å². The minimum atomic E-state index is 0.271. The Hall–Kier alpha value is -1.56. The van der Waals surface area contributed by atoms with Crippen molar-refractivity contribution in [2.24, 2.45) is 35.5 Å². The number of hydrogen-bond donors (Lipinski definition) is 0. The maximum Gasteiger partial charge on any atom is -0.0132 e. The predicted octanol–water partition coefficient (Wildman–Crippen LogP) is 13.5. The number of aryl methyl sites for hydroxylation is 1. The zero-order chi connectivity index (χ0) is 32.2. The lowest BCUT2D eigenvalue weighted by Gasteiger charge is -2.20. The van der Waals surface area contributed by atoms with E-state index in [0.29, 0.717) is 0 Å². The fourth-order valence-corrected chi connectivity index (χ4v) is 3.85. The molecule has 1 aliphatic rings. The van der Waals surface area contributed by atoms with Gasteiger partial charge in [0.05, 0.1) is 0 Å². The largest absolute Gasteiger partial charge is 0.0651 e. The van der Waals surface area contributed by atoms with Gasteiger partial charge in [-0.05, 0) is 83.8 Å². The molecule has 2 aromatic carbocycles. The number of rotatable bonds is 7. The highest BCUT2D eigenvalue weighted by molar-refractivity contribution is 5.28. The van der Waals surface area contributed by atoms with Crippen molar-refractivity contribution in [1.82, 2.24) is 0 Å². The molecule has 0 aliphatic heterocycles. The smallest absolute Gasteiger partial charge is 0.0132 e. The van der Waals surface area contributed by atoms with E-state index >= 15 is 0 Å². The van der Waals surface area contributed by atoms with E-state index < -0.39 is 0 Å². The van der Waals surface area contributed by atoms with Crippen LogP contribution in [0.5, 0.6) is 0 Å². The Bertz CT molecular complexity index is 836. The quantitative estimate of drug-likeness (QED) is 0.312. The van der Waals surface area contributed by atoms with Gasteiger partial charge in [0.1, 0.15) is 0 Å². The van der Waals surface area contributed by atoms with Crippen LogP contribution in [0.4, 0.5) is 0 Å². The molecule has 0 aromatic heterocycles. The highest BCUT2D eigenvalue weighted by Gasteiger charge is 2.21. The topological polar surface area (TPSA) is 0 Å². The maximum atomic E-state index is 2.35. The van der Waals surface area contributed by atoms with Crippen LogP contribution in [0.2, 0.25) is 0 Å². The van der Waals surface area contributed by atoms with E-state index in [2.05, 4.69) is 159 Å². The first-order valence-electron chi connectivity index (χ1n) is 17.0. The molecule has 0 N–H and O–H groups in total. The molecular formula is C41H74. The number of benzene rings is 2. The molecule has 41 heavy (non-hydrogen) atoms. The van der Waals surface area contributed by atoms with E-state index in [4.69, 9.17) is 0 Å². The van der Waals surface area contributed by atoms with Crippen molar-refractivity contribution in [3.8, 4) is 0 Å². The Morgan fingerprint density at radius 2 is 1.07 bits per heavy atom. The summed E-state index contributed by atoms with van der Waals surface area (Å²) in [7, 11) is 0. The second kappa shape index (κ2) is 23.0. The molecule has 0 nitrogen and oxygen atoms in total. The van der Waals surface area contributed by atoms with Crippen LogP contribution in [-0.2, 0) is 18.3 Å². The minimum Gasteiger partial charge on any atom is -0.0651 e. The summed E-state index contributed by atoms with van der Waals surface area (Å²) in [4.78, 5) is 0. The summed E-state index contributed by atoms with van der Waals surface area (Å²) in [5.74, 6) is 5.28. The third-order valence-corrected chi connectivity index (χ3v) is 6.52. The molecule has 0 atom stereocenters. The Kier molecular flexibility index (Phi) is 23.3. The van der Waals surface area contributed by atoms with E-state index in [1.807, 2.05) is 0 Å². The summed E-state index contributed by atoms with van der Waals surface area (Å²) in [6.07, 6.45) is 8.18. The van der Waals surface area contributed by atoms with Crippen LogP contribution in [0.3, 0.4) is 0 Å². The molecular weight excluding hydrogens is 492 g/mol. The van der Waals surface area contributed by atoms with Crippen molar-refractivity contribution >= 4 is 0 Å². The lowest BCUT2D eigenvalue weighted by molar-refractivity contribution is 0.541. The van der Waals surface area contributed by atoms with Crippen LogP contribution >= 0.6 is 0 Å². The van der Waals surface area contributed by atoms with Crippen LogP contribution in [0.15, 0.2) is 48.5 Å². The van der Waals surface area contributed by atoms with Crippen LogP contribution in [0.25, 0.3) is 0 Å². The first-order chi connectivity index (χ1) is 18.9. The van der Waals surface area contributed by atoms with Gasteiger partial charge in [-0.25, -0.2) is 0 Å². The molecule has 2 aromatic rings. The third kappa shape index (κ3) is 29.7. The second-order valence-electron chi connectivity index (χ2n) is 15.7. The predicted molar refractivity (Wildman–Crippen MR) is 191 cm³/mol. The molecule has 1 saturated carbocycles. The molecule has 0 heteroatoms. The van der Waals surface area contributed by atoms with Crippen LogP contribution in [0.1, 0.15) is 152 Å². The molecule has 0 spiro atoms. The van der Waals surface area contributed by atoms with Gasteiger partial charge in [0.15, 0.2) is 0 Å². The maximum absolute atomic E-state index is 2.35. The van der Waals surface area contributed by atoms with Crippen LogP contribution in [-0.4, -0.2) is 0 Å². The zero-order valence-electron chi connectivity index (χ0n) is 30.8. The average molecular weight is 567 g/mol. The van der Waals surface area contributed by atoms with Crippen molar-refractivity contribution in [3.63, 3.8) is 0 Å². The molecule has 0 bridgehead atoms. The van der Waals surface area contributed by atoms with Gasteiger partial charge >= 0.3 is 0 Å². The third-order valence-electron chi connectivity index (χ3n) is 6.52. The van der Waals surface area contributed by atoms with Crippen molar-refractivity contribution in [2.75, 3.05) is 0 Å². The van der Waals surface area contributed by atoms with Crippen molar-refractivity contribution in [3.05, 3.63) is 70.8 Å². The minimum absolute atomic E-state index is 0.271. The molecule has 0 unspecified atom stereocenters. The van der Waals surface area contributed by atoms with E-state index in [0.717, 1.165) is 35.5 Å². The second-order valence-corrected chi connectivity index (χ2v) is 15.7. The molecule has 0 saturated heterocycles. The molecule has 3 rings (SSSR count). The molecule has 0 amide bonds. The first-order valence-corrected chi connectivity index (χ1v) is 17.0.